The fourth-order valence-electron chi connectivity index (χ4n) is 2.46. The summed E-state index contributed by atoms with van der Waals surface area (Å²) in [6.45, 7) is 0.0261. The van der Waals surface area contributed by atoms with Crippen molar-refractivity contribution in [1.29, 1.82) is 0 Å². The van der Waals surface area contributed by atoms with Crippen molar-refractivity contribution >= 4 is 11.9 Å². The zero-order valence-electron chi connectivity index (χ0n) is 11.0. The summed E-state index contributed by atoms with van der Waals surface area (Å²) in [5.74, 6) is -1.54. The molecule has 6 heteroatoms. The van der Waals surface area contributed by atoms with E-state index in [2.05, 4.69) is 0 Å². The number of carbonyl (C=O) groups excluding carboxylic acids is 1. The molecule has 1 amide bonds. The molecule has 6 nitrogen and oxygen atoms in total. The molecule has 0 aromatic heterocycles. The van der Waals surface area contributed by atoms with E-state index in [0.29, 0.717) is 6.42 Å². The Balaban J connectivity index is 2.04. The Bertz CT molecular complexity index is 491. The summed E-state index contributed by atoms with van der Waals surface area (Å²) >= 11 is 0. The van der Waals surface area contributed by atoms with E-state index in [9.17, 15) is 14.7 Å². The van der Waals surface area contributed by atoms with Crippen LogP contribution in [0, 0.1) is 0 Å². The molecule has 1 aliphatic rings. The highest BCUT2D eigenvalue weighted by Crippen LogP contribution is 2.19. The first-order valence-electron chi connectivity index (χ1n) is 6.50. The molecule has 3 unspecified atom stereocenters. The third kappa shape index (κ3) is 3.15. The molecule has 0 saturated carbocycles. The predicted octanol–water partition coefficient (Wildman–Crippen LogP) is -0.397. The van der Waals surface area contributed by atoms with E-state index < -0.39 is 30.1 Å². The van der Waals surface area contributed by atoms with E-state index >= 15 is 0 Å². The fourth-order valence-corrected chi connectivity index (χ4v) is 2.46. The van der Waals surface area contributed by atoms with Crippen molar-refractivity contribution in [1.82, 2.24) is 4.90 Å². The van der Waals surface area contributed by atoms with E-state index in [-0.39, 0.29) is 13.0 Å². The number of rotatable bonds is 4. The molecule has 1 aromatic rings. The van der Waals surface area contributed by atoms with Gasteiger partial charge in [-0.2, -0.15) is 0 Å². The molecule has 1 aromatic carbocycles. The summed E-state index contributed by atoms with van der Waals surface area (Å²) in [7, 11) is 0. The van der Waals surface area contributed by atoms with Crippen LogP contribution in [-0.2, 0) is 16.0 Å². The highest BCUT2D eigenvalue weighted by Gasteiger charge is 2.40. The fraction of sp³-hybridized carbons (Fsp3) is 0.429. The van der Waals surface area contributed by atoms with Crippen LogP contribution in [0.3, 0.4) is 0 Å². The topological polar surface area (TPSA) is 104 Å². The van der Waals surface area contributed by atoms with E-state index in [1.807, 2.05) is 30.3 Å². The SMILES string of the molecule is NC(Cc1ccccc1)C(=O)N1CC(O)CC1C(=O)O. The predicted molar refractivity (Wildman–Crippen MR) is 71.9 cm³/mol. The number of carboxylic acid groups (broad SMARTS) is 1. The molecular weight excluding hydrogens is 260 g/mol. The normalized spacial score (nSPS) is 23.6. The molecule has 1 aliphatic heterocycles. The average molecular weight is 278 g/mol. The zero-order valence-corrected chi connectivity index (χ0v) is 11.0. The Labute approximate surface area is 116 Å². The third-order valence-corrected chi connectivity index (χ3v) is 3.46. The van der Waals surface area contributed by atoms with Crippen LogP contribution in [0.15, 0.2) is 30.3 Å². The van der Waals surface area contributed by atoms with Gasteiger partial charge in [-0.1, -0.05) is 30.3 Å². The van der Waals surface area contributed by atoms with Gasteiger partial charge in [0.15, 0.2) is 0 Å². The Morgan fingerprint density at radius 1 is 1.35 bits per heavy atom. The molecule has 3 atom stereocenters. The van der Waals surface area contributed by atoms with E-state index in [1.54, 1.807) is 0 Å². The molecule has 4 N–H and O–H groups in total. The third-order valence-electron chi connectivity index (χ3n) is 3.46. The molecule has 1 fully saturated rings. The quantitative estimate of drug-likeness (QED) is 0.695. The van der Waals surface area contributed by atoms with Gasteiger partial charge in [0, 0.05) is 13.0 Å². The zero-order chi connectivity index (χ0) is 14.7. The van der Waals surface area contributed by atoms with Crippen molar-refractivity contribution in [2.75, 3.05) is 6.54 Å². The molecule has 1 heterocycles. The highest BCUT2D eigenvalue weighted by molar-refractivity contribution is 5.87. The van der Waals surface area contributed by atoms with Crippen LogP contribution in [0.4, 0.5) is 0 Å². The Kier molecular flexibility index (Phi) is 4.36. The number of benzene rings is 1. The lowest BCUT2D eigenvalue weighted by molar-refractivity contribution is -0.148. The first-order chi connectivity index (χ1) is 9.49. The van der Waals surface area contributed by atoms with Gasteiger partial charge in [0.05, 0.1) is 12.1 Å². The summed E-state index contributed by atoms with van der Waals surface area (Å²) in [4.78, 5) is 24.5. The van der Waals surface area contributed by atoms with Gasteiger partial charge in [-0.15, -0.1) is 0 Å². The van der Waals surface area contributed by atoms with Crippen molar-refractivity contribution in [3.05, 3.63) is 35.9 Å². The summed E-state index contributed by atoms with van der Waals surface area (Å²) < 4.78 is 0. The number of hydrogen-bond donors (Lipinski definition) is 3. The number of β-amino-alcohol motifs (C(OH)–C–C–N with tert-alkyl or cyclic N) is 1. The van der Waals surface area contributed by atoms with Crippen LogP contribution in [0.5, 0.6) is 0 Å². The van der Waals surface area contributed by atoms with Crippen molar-refractivity contribution < 1.29 is 19.8 Å². The molecule has 2 rings (SSSR count). The second-order valence-corrected chi connectivity index (χ2v) is 5.03. The molecule has 20 heavy (non-hydrogen) atoms. The van der Waals surface area contributed by atoms with Crippen LogP contribution in [0.1, 0.15) is 12.0 Å². The minimum Gasteiger partial charge on any atom is -0.480 e. The largest absolute Gasteiger partial charge is 0.480 e. The molecule has 0 spiro atoms. The molecule has 0 radical (unpaired) electrons. The first kappa shape index (κ1) is 14.5. The van der Waals surface area contributed by atoms with Crippen LogP contribution in [0.25, 0.3) is 0 Å². The minimum atomic E-state index is -1.11. The van der Waals surface area contributed by atoms with Gasteiger partial charge >= 0.3 is 5.97 Å². The van der Waals surface area contributed by atoms with Gasteiger partial charge in [-0.05, 0) is 12.0 Å². The lowest BCUT2D eigenvalue weighted by atomic mass is 10.1. The molecular formula is C14H18N2O4. The maximum Gasteiger partial charge on any atom is 0.326 e. The van der Waals surface area contributed by atoms with Crippen molar-refractivity contribution in [2.45, 2.75) is 31.0 Å². The Hall–Kier alpha value is -1.92. The lowest BCUT2D eigenvalue weighted by Crippen LogP contribution is -2.49. The number of amides is 1. The van der Waals surface area contributed by atoms with Crippen molar-refractivity contribution in [3.63, 3.8) is 0 Å². The molecule has 108 valence electrons. The van der Waals surface area contributed by atoms with Crippen LogP contribution >= 0.6 is 0 Å². The van der Waals surface area contributed by atoms with Crippen LogP contribution in [-0.4, -0.2) is 51.7 Å². The first-order valence-corrected chi connectivity index (χ1v) is 6.50. The number of nitrogens with two attached hydrogens (primary N) is 1. The van der Waals surface area contributed by atoms with Gasteiger partial charge in [0.2, 0.25) is 5.91 Å². The standard InChI is InChI=1S/C14H18N2O4/c15-11(6-9-4-2-1-3-5-9)13(18)16-8-10(17)7-12(16)14(19)20/h1-5,10-12,17H,6-8,15H2,(H,19,20). The lowest BCUT2D eigenvalue weighted by Gasteiger charge is -2.24. The highest BCUT2D eigenvalue weighted by atomic mass is 16.4. The van der Waals surface area contributed by atoms with Gasteiger partial charge in [-0.3, -0.25) is 4.79 Å². The molecule has 0 bridgehead atoms. The van der Waals surface area contributed by atoms with Gasteiger partial charge in [-0.25, -0.2) is 4.79 Å². The number of likely N-dealkylation sites (tertiary alicyclic amines) is 1. The smallest absolute Gasteiger partial charge is 0.326 e. The Morgan fingerprint density at radius 2 is 2.00 bits per heavy atom. The Morgan fingerprint density at radius 3 is 2.60 bits per heavy atom. The van der Waals surface area contributed by atoms with E-state index in [0.717, 1.165) is 5.56 Å². The molecule has 0 aliphatic carbocycles. The van der Waals surface area contributed by atoms with Gasteiger partial charge < -0.3 is 20.8 Å². The second kappa shape index (κ2) is 6.02. The average Bonchev–Trinajstić information content (AvgIpc) is 2.81. The number of hydrogen-bond acceptors (Lipinski definition) is 4. The maximum absolute atomic E-state index is 12.2. The number of carboxylic acids is 1. The summed E-state index contributed by atoms with van der Waals surface area (Å²) in [6.07, 6.45) is -0.401. The molecule has 1 saturated heterocycles. The van der Waals surface area contributed by atoms with Crippen molar-refractivity contribution in [2.24, 2.45) is 5.73 Å². The van der Waals surface area contributed by atoms with E-state index in [4.69, 9.17) is 10.8 Å². The van der Waals surface area contributed by atoms with Crippen LogP contribution < -0.4 is 5.73 Å². The monoisotopic (exact) mass is 278 g/mol. The van der Waals surface area contributed by atoms with Crippen LogP contribution in [0.2, 0.25) is 0 Å². The van der Waals surface area contributed by atoms with E-state index in [1.165, 1.54) is 4.90 Å². The second-order valence-electron chi connectivity index (χ2n) is 5.03. The number of carbonyl (C=O) groups is 2. The maximum atomic E-state index is 12.2. The minimum absolute atomic E-state index is 0.0261. The number of nitrogens with zero attached hydrogens (tertiary/aromatic N) is 1. The number of aliphatic hydroxyl groups excluding tert-OH is 1. The van der Waals surface area contributed by atoms with Crippen molar-refractivity contribution in [3.8, 4) is 0 Å². The summed E-state index contributed by atoms with van der Waals surface area (Å²) in [6, 6.07) is 7.51. The summed E-state index contributed by atoms with van der Waals surface area (Å²) in [5.41, 5.74) is 6.79. The van der Waals surface area contributed by atoms with Gasteiger partial charge in [0.25, 0.3) is 0 Å². The summed E-state index contributed by atoms with van der Waals surface area (Å²) in [5, 5.41) is 18.6. The number of aliphatic hydroxyl groups is 1. The number of aliphatic carboxylic acids is 1. The van der Waals surface area contributed by atoms with Gasteiger partial charge in [0.1, 0.15) is 6.04 Å².